The van der Waals surface area contributed by atoms with Crippen LogP contribution in [0.2, 0.25) is 0 Å². The summed E-state index contributed by atoms with van der Waals surface area (Å²) >= 11 is 0. The number of rotatable bonds is 11. The van der Waals surface area contributed by atoms with E-state index < -0.39 is 5.41 Å². The van der Waals surface area contributed by atoms with Crippen LogP contribution in [0.1, 0.15) is 69.2 Å². The van der Waals surface area contributed by atoms with E-state index in [-0.39, 0.29) is 11.8 Å². The minimum Gasteiger partial charge on any atom is -0.356 e. The van der Waals surface area contributed by atoms with E-state index in [1.807, 2.05) is 4.90 Å². The molecule has 0 bridgehead atoms. The summed E-state index contributed by atoms with van der Waals surface area (Å²) in [5.74, 6) is 0.434. The summed E-state index contributed by atoms with van der Waals surface area (Å²) in [6.07, 6.45) is 12.3. The number of carbonyl (C=O) groups is 1. The van der Waals surface area contributed by atoms with Crippen LogP contribution in [0.15, 0.2) is 72.7 Å². The van der Waals surface area contributed by atoms with Crippen LogP contribution in [-0.2, 0) is 10.2 Å². The van der Waals surface area contributed by atoms with Gasteiger partial charge in [0, 0.05) is 56.2 Å². The third-order valence-corrected chi connectivity index (χ3v) is 9.18. The van der Waals surface area contributed by atoms with Gasteiger partial charge in [-0.2, -0.15) is 0 Å². The first-order chi connectivity index (χ1) is 20.5. The Morgan fingerprint density at radius 1 is 1.07 bits per heavy atom. The fraction of sp³-hybridized carbons (Fsp3) is 0.432. The lowest BCUT2D eigenvalue weighted by atomic mass is 9.81. The Kier molecular flexibility index (Phi) is 8.89. The zero-order valence-electron chi connectivity index (χ0n) is 27.3. The van der Waals surface area contributed by atoms with Crippen molar-refractivity contribution in [1.82, 2.24) is 25.0 Å². The average Bonchev–Trinajstić information content (AvgIpc) is 3.55. The Labute approximate surface area is 258 Å². The number of allylic oxidation sites excluding steroid dienone is 1. The summed E-state index contributed by atoms with van der Waals surface area (Å²) in [5, 5.41) is 4.96. The molecule has 6 heteroatoms. The monoisotopic (exact) mass is 579 g/mol. The van der Waals surface area contributed by atoms with Gasteiger partial charge in [-0.15, -0.1) is 0 Å². The molecule has 1 amide bonds. The van der Waals surface area contributed by atoms with Crippen molar-refractivity contribution in [3.63, 3.8) is 0 Å². The van der Waals surface area contributed by atoms with Gasteiger partial charge in [-0.1, -0.05) is 36.3 Å². The normalized spacial score (nSPS) is 17.0. The topological polar surface area (TPSA) is 54.6 Å². The molecule has 2 atom stereocenters. The number of carbonyl (C=O) groups excluding carboxylic acids is 1. The molecule has 5 rings (SSSR count). The molecule has 2 aliphatic rings. The fourth-order valence-corrected chi connectivity index (χ4v) is 6.66. The van der Waals surface area contributed by atoms with Crippen molar-refractivity contribution >= 4 is 16.8 Å². The van der Waals surface area contributed by atoms with Crippen LogP contribution in [0.5, 0.6) is 0 Å². The van der Waals surface area contributed by atoms with Crippen molar-refractivity contribution in [2.45, 2.75) is 72.4 Å². The van der Waals surface area contributed by atoms with Gasteiger partial charge in [-0.05, 0) is 113 Å². The van der Waals surface area contributed by atoms with E-state index in [4.69, 9.17) is 0 Å². The second-order valence-corrected chi connectivity index (χ2v) is 12.9. The van der Waals surface area contributed by atoms with Crippen LogP contribution in [0, 0.1) is 13.8 Å². The molecule has 228 valence electrons. The van der Waals surface area contributed by atoms with E-state index >= 15 is 0 Å². The molecule has 6 nitrogen and oxygen atoms in total. The lowest BCUT2D eigenvalue weighted by molar-refractivity contribution is -0.135. The zero-order valence-corrected chi connectivity index (χ0v) is 27.3. The highest BCUT2D eigenvalue weighted by atomic mass is 16.2. The maximum atomic E-state index is 13.6. The average molecular weight is 580 g/mol. The zero-order chi connectivity index (χ0) is 30.9. The van der Waals surface area contributed by atoms with Gasteiger partial charge < -0.3 is 25.0 Å². The standard InChI is InChI=1S/C37H49N5O/c1-9-41(10-2)36(43)37(6,7)30-12-13-32-31(22-30)34(35(39-32)29-20-25(3)19-26(4)21-29)27(5)23-38-16-15-28-11-14-33-40(8)17-18-42(33)24-28/h11-14,17-22,24,27,33,38-39H,9-10,15-16,23H2,1-8H3/t27-,33?/m1/s1. The highest BCUT2D eigenvalue weighted by molar-refractivity contribution is 5.94. The molecular weight excluding hydrogens is 530 g/mol. The van der Waals surface area contributed by atoms with Gasteiger partial charge >= 0.3 is 0 Å². The number of aromatic amines is 1. The van der Waals surface area contributed by atoms with Crippen LogP contribution >= 0.6 is 0 Å². The summed E-state index contributed by atoms with van der Waals surface area (Å²) < 4.78 is 0. The number of amides is 1. The second-order valence-electron chi connectivity index (χ2n) is 12.9. The van der Waals surface area contributed by atoms with Crippen molar-refractivity contribution in [2.24, 2.45) is 0 Å². The SMILES string of the molecule is CCN(CC)C(=O)C(C)(C)c1ccc2[nH]c(-c3cc(C)cc(C)c3)c([C@H](C)CNCCC3=CN4C=CN(C)C4C=C3)c2c1. The second kappa shape index (κ2) is 12.5. The van der Waals surface area contributed by atoms with E-state index in [0.717, 1.165) is 43.7 Å². The first kappa shape index (κ1) is 30.7. The predicted octanol–water partition coefficient (Wildman–Crippen LogP) is 7.18. The number of hydrogen-bond donors (Lipinski definition) is 2. The molecule has 2 N–H and O–H groups in total. The number of H-pyrrole nitrogens is 1. The van der Waals surface area contributed by atoms with Gasteiger partial charge in [0.15, 0.2) is 0 Å². The number of nitrogens with one attached hydrogen (secondary N) is 2. The van der Waals surface area contributed by atoms with E-state index in [2.05, 4.69) is 143 Å². The minimum atomic E-state index is -0.615. The van der Waals surface area contributed by atoms with E-state index in [9.17, 15) is 4.79 Å². The number of fused-ring (bicyclic) bond motifs is 2. The van der Waals surface area contributed by atoms with Crippen molar-refractivity contribution in [1.29, 1.82) is 0 Å². The lowest BCUT2D eigenvalue weighted by Crippen LogP contribution is -2.43. The van der Waals surface area contributed by atoms with Crippen molar-refractivity contribution in [3.8, 4) is 11.3 Å². The Balaban J connectivity index is 1.42. The molecule has 2 aromatic carbocycles. The molecule has 0 saturated carbocycles. The molecule has 0 saturated heterocycles. The lowest BCUT2D eigenvalue weighted by Gasteiger charge is -2.31. The third kappa shape index (κ3) is 6.16. The molecule has 43 heavy (non-hydrogen) atoms. The molecule has 3 heterocycles. The van der Waals surface area contributed by atoms with Gasteiger partial charge in [0.2, 0.25) is 5.91 Å². The predicted molar refractivity (Wildman–Crippen MR) is 180 cm³/mol. The maximum absolute atomic E-state index is 13.6. The first-order valence-corrected chi connectivity index (χ1v) is 15.8. The third-order valence-electron chi connectivity index (χ3n) is 9.18. The van der Waals surface area contributed by atoms with Crippen LogP contribution < -0.4 is 5.32 Å². The van der Waals surface area contributed by atoms with Gasteiger partial charge in [-0.3, -0.25) is 4.79 Å². The molecule has 0 aliphatic carbocycles. The Bertz CT molecular complexity index is 1550. The smallest absolute Gasteiger partial charge is 0.232 e. The number of aryl methyl sites for hydroxylation is 2. The molecule has 1 unspecified atom stereocenters. The number of likely N-dealkylation sites (N-methyl/N-ethyl adjacent to an activating group) is 2. The minimum absolute atomic E-state index is 0.173. The summed E-state index contributed by atoms with van der Waals surface area (Å²) in [7, 11) is 2.11. The van der Waals surface area contributed by atoms with Crippen molar-refractivity contribution in [2.75, 3.05) is 33.2 Å². The largest absolute Gasteiger partial charge is 0.356 e. The van der Waals surface area contributed by atoms with Crippen LogP contribution in [0.3, 0.4) is 0 Å². The molecule has 2 aliphatic heterocycles. The quantitative estimate of drug-likeness (QED) is 0.236. The van der Waals surface area contributed by atoms with E-state index in [0.29, 0.717) is 6.17 Å². The fourth-order valence-electron chi connectivity index (χ4n) is 6.66. The van der Waals surface area contributed by atoms with Gasteiger partial charge in [0.1, 0.15) is 6.17 Å². The summed E-state index contributed by atoms with van der Waals surface area (Å²) in [5.41, 5.74) is 9.10. The van der Waals surface area contributed by atoms with Gasteiger partial charge in [-0.25, -0.2) is 0 Å². The molecular formula is C37H49N5O. The number of hydrogen-bond acceptors (Lipinski definition) is 4. The summed E-state index contributed by atoms with van der Waals surface area (Å²) in [4.78, 5) is 23.8. The van der Waals surface area contributed by atoms with Crippen molar-refractivity contribution in [3.05, 3.63) is 95.0 Å². The number of aromatic nitrogens is 1. The first-order valence-electron chi connectivity index (χ1n) is 15.8. The molecule has 0 radical (unpaired) electrons. The van der Waals surface area contributed by atoms with Gasteiger partial charge in [0.25, 0.3) is 0 Å². The highest BCUT2D eigenvalue weighted by Crippen LogP contribution is 2.39. The Hall–Kier alpha value is -3.77. The van der Waals surface area contributed by atoms with Crippen LogP contribution in [-0.4, -0.2) is 65.0 Å². The van der Waals surface area contributed by atoms with E-state index in [1.54, 1.807) is 0 Å². The molecule has 3 aromatic rings. The number of benzene rings is 2. The van der Waals surface area contributed by atoms with Crippen LogP contribution in [0.25, 0.3) is 22.2 Å². The highest BCUT2D eigenvalue weighted by Gasteiger charge is 2.33. The van der Waals surface area contributed by atoms with Gasteiger partial charge in [0.05, 0.1) is 11.1 Å². The van der Waals surface area contributed by atoms with Crippen molar-refractivity contribution < 1.29 is 4.79 Å². The maximum Gasteiger partial charge on any atom is 0.232 e. The van der Waals surface area contributed by atoms with Crippen LogP contribution in [0.4, 0.5) is 0 Å². The molecule has 0 fully saturated rings. The summed E-state index contributed by atoms with van der Waals surface area (Å²) in [6, 6.07) is 13.3. The molecule has 0 spiro atoms. The summed E-state index contributed by atoms with van der Waals surface area (Å²) in [6.45, 7) is 18.1. The molecule has 1 aromatic heterocycles. The Morgan fingerprint density at radius 2 is 1.79 bits per heavy atom. The van der Waals surface area contributed by atoms with E-state index in [1.165, 1.54) is 38.9 Å². The number of nitrogens with zero attached hydrogens (tertiary/aromatic N) is 3. The Morgan fingerprint density at radius 3 is 2.49 bits per heavy atom.